The lowest BCUT2D eigenvalue weighted by molar-refractivity contribution is -0.139. The first-order valence-electron chi connectivity index (χ1n) is 7.73. The van der Waals surface area contributed by atoms with Gasteiger partial charge in [0.1, 0.15) is 6.04 Å². The highest BCUT2D eigenvalue weighted by Crippen LogP contribution is 2.25. The number of carboxylic acid groups (broad SMARTS) is 1. The molecule has 0 bridgehead atoms. The third-order valence-electron chi connectivity index (χ3n) is 4.46. The molecular weight excluding hydrogens is 288 g/mol. The summed E-state index contributed by atoms with van der Waals surface area (Å²) in [6, 6.07) is -0.415. The largest absolute Gasteiger partial charge is 0.480 e. The van der Waals surface area contributed by atoms with Gasteiger partial charge < -0.3 is 20.6 Å². The molecule has 124 valence electrons. The van der Waals surface area contributed by atoms with E-state index in [1.807, 2.05) is 11.8 Å². The molecule has 1 saturated carbocycles. The number of nitrogens with one attached hydrogen (secondary N) is 2. The minimum absolute atomic E-state index is 0.0329. The summed E-state index contributed by atoms with van der Waals surface area (Å²) in [5.74, 6) is -0.964. The fourth-order valence-corrected chi connectivity index (χ4v) is 2.99. The van der Waals surface area contributed by atoms with Gasteiger partial charge in [-0.15, -0.1) is 0 Å². The van der Waals surface area contributed by atoms with Crippen molar-refractivity contribution in [3.05, 3.63) is 0 Å². The van der Waals surface area contributed by atoms with Crippen LogP contribution in [0.15, 0.2) is 0 Å². The number of amides is 3. The fourth-order valence-electron chi connectivity index (χ4n) is 2.99. The highest BCUT2D eigenvalue weighted by atomic mass is 16.4. The highest BCUT2D eigenvalue weighted by Gasteiger charge is 2.37. The van der Waals surface area contributed by atoms with Gasteiger partial charge in [0, 0.05) is 25.2 Å². The molecule has 2 aliphatic rings. The summed E-state index contributed by atoms with van der Waals surface area (Å²) in [6.45, 7) is 5.35. The zero-order valence-corrected chi connectivity index (χ0v) is 13.0. The van der Waals surface area contributed by atoms with Gasteiger partial charge in [0.25, 0.3) is 0 Å². The Morgan fingerprint density at radius 2 is 2.14 bits per heavy atom. The normalized spacial score (nSPS) is 28.0. The van der Waals surface area contributed by atoms with Gasteiger partial charge in [-0.3, -0.25) is 14.5 Å². The molecule has 1 aliphatic carbocycles. The predicted molar refractivity (Wildman–Crippen MR) is 79.4 cm³/mol. The van der Waals surface area contributed by atoms with Gasteiger partial charge >= 0.3 is 12.0 Å². The SMILES string of the molecule is CCN(CC(=O)O)C1CC(NC(=O)N2CCNC(=O)C2C)C1. The Balaban J connectivity index is 1.78. The van der Waals surface area contributed by atoms with Gasteiger partial charge in [-0.05, 0) is 26.3 Å². The number of carboxylic acids is 1. The fraction of sp³-hybridized carbons (Fsp3) is 0.786. The number of piperazine rings is 1. The first-order chi connectivity index (χ1) is 10.4. The minimum Gasteiger partial charge on any atom is -0.480 e. The molecule has 3 amide bonds. The second-order valence-electron chi connectivity index (χ2n) is 5.89. The number of nitrogens with zero attached hydrogens (tertiary/aromatic N) is 2. The van der Waals surface area contributed by atoms with Crippen LogP contribution in [0.25, 0.3) is 0 Å². The first kappa shape index (κ1) is 16.5. The van der Waals surface area contributed by atoms with E-state index in [1.54, 1.807) is 11.8 Å². The van der Waals surface area contributed by atoms with Crippen molar-refractivity contribution in [2.45, 2.75) is 44.8 Å². The smallest absolute Gasteiger partial charge is 0.318 e. The first-order valence-corrected chi connectivity index (χ1v) is 7.73. The summed E-state index contributed by atoms with van der Waals surface area (Å²) < 4.78 is 0. The van der Waals surface area contributed by atoms with Gasteiger partial charge in [0.15, 0.2) is 0 Å². The zero-order chi connectivity index (χ0) is 16.3. The van der Waals surface area contributed by atoms with Crippen molar-refractivity contribution in [2.75, 3.05) is 26.2 Å². The number of likely N-dealkylation sites (N-methyl/N-ethyl adjacent to an activating group) is 1. The molecule has 22 heavy (non-hydrogen) atoms. The van der Waals surface area contributed by atoms with Crippen LogP contribution in [0.4, 0.5) is 4.79 Å². The number of carbonyl (C=O) groups excluding carboxylic acids is 2. The van der Waals surface area contributed by atoms with Crippen LogP contribution in [0.1, 0.15) is 26.7 Å². The maximum absolute atomic E-state index is 12.2. The number of urea groups is 1. The van der Waals surface area contributed by atoms with Crippen molar-refractivity contribution >= 4 is 17.9 Å². The van der Waals surface area contributed by atoms with Gasteiger partial charge in [-0.25, -0.2) is 4.79 Å². The van der Waals surface area contributed by atoms with Gasteiger partial charge in [0.05, 0.1) is 6.54 Å². The van der Waals surface area contributed by atoms with E-state index >= 15 is 0 Å². The maximum Gasteiger partial charge on any atom is 0.318 e. The van der Waals surface area contributed by atoms with Gasteiger partial charge in [-0.1, -0.05) is 6.92 Å². The predicted octanol–water partition coefficient (Wildman–Crippen LogP) is -0.546. The average molecular weight is 312 g/mol. The van der Waals surface area contributed by atoms with E-state index < -0.39 is 12.0 Å². The number of hydrogen-bond donors (Lipinski definition) is 3. The number of carbonyl (C=O) groups is 3. The molecule has 8 nitrogen and oxygen atoms in total. The number of aliphatic carboxylic acids is 1. The van der Waals surface area contributed by atoms with Crippen LogP contribution in [0.5, 0.6) is 0 Å². The van der Waals surface area contributed by atoms with Crippen LogP contribution in [0, 0.1) is 0 Å². The molecule has 0 aromatic heterocycles. The number of hydrogen-bond acceptors (Lipinski definition) is 4. The molecule has 2 rings (SSSR count). The van der Waals surface area contributed by atoms with E-state index in [1.165, 1.54) is 0 Å². The summed E-state index contributed by atoms with van der Waals surface area (Å²) in [5, 5.41) is 14.5. The Labute approximate surface area is 129 Å². The Bertz CT molecular complexity index is 450. The van der Waals surface area contributed by atoms with Crippen molar-refractivity contribution in [1.29, 1.82) is 0 Å². The Morgan fingerprint density at radius 1 is 1.45 bits per heavy atom. The minimum atomic E-state index is -0.831. The van der Waals surface area contributed by atoms with E-state index in [0.717, 1.165) is 12.8 Å². The van der Waals surface area contributed by atoms with Crippen molar-refractivity contribution < 1.29 is 19.5 Å². The van der Waals surface area contributed by atoms with Crippen LogP contribution in [-0.2, 0) is 9.59 Å². The molecule has 3 N–H and O–H groups in total. The monoisotopic (exact) mass is 312 g/mol. The molecule has 1 heterocycles. The van der Waals surface area contributed by atoms with Crippen LogP contribution in [0.3, 0.4) is 0 Å². The van der Waals surface area contributed by atoms with E-state index in [2.05, 4.69) is 10.6 Å². The average Bonchev–Trinajstić information content (AvgIpc) is 2.42. The quantitative estimate of drug-likeness (QED) is 0.632. The van der Waals surface area contributed by atoms with Crippen molar-refractivity contribution in [3.63, 3.8) is 0 Å². The Kier molecular flexibility index (Phi) is 5.23. The molecule has 1 unspecified atom stereocenters. The zero-order valence-electron chi connectivity index (χ0n) is 13.0. The second-order valence-corrected chi connectivity index (χ2v) is 5.89. The van der Waals surface area contributed by atoms with Crippen molar-refractivity contribution in [1.82, 2.24) is 20.4 Å². The van der Waals surface area contributed by atoms with Gasteiger partial charge in [0.2, 0.25) is 5.91 Å². The lowest BCUT2D eigenvalue weighted by Crippen LogP contribution is -2.62. The third-order valence-corrected chi connectivity index (χ3v) is 4.46. The van der Waals surface area contributed by atoms with Crippen LogP contribution < -0.4 is 10.6 Å². The third kappa shape index (κ3) is 3.68. The van der Waals surface area contributed by atoms with E-state index in [-0.39, 0.29) is 30.6 Å². The summed E-state index contributed by atoms with van der Waals surface area (Å²) in [6.07, 6.45) is 1.50. The summed E-state index contributed by atoms with van der Waals surface area (Å²) >= 11 is 0. The maximum atomic E-state index is 12.2. The van der Waals surface area contributed by atoms with E-state index in [0.29, 0.717) is 19.6 Å². The molecule has 1 aliphatic heterocycles. The Morgan fingerprint density at radius 3 is 2.73 bits per heavy atom. The van der Waals surface area contributed by atoms with Crippen LogP contribution in [0.2, 0.25) is 0 Å². The second kappa shape index (κ2) is 6.95. The lowest BCUT2D eigenvalue weighted by atomic mass is 9.85. The molecule has 8 heteroatoms. The summed E-state index contributed by atoms with van der Waals surface area (Å²) in [4.78, 5) is 38.0. The van der Waals surface area contributed by atoms with Crippen molar-refractivity contribution in [2.24, 2.45) is 0 Å². The van der Waals surface area contributed by atoms with E-state index in [9.17, 15) is 14.4 Å². The highest BCUT2D eigenvalue weighted by molar-refractivity contribution is 5.88. The van der Waals surface area contributed by atoms with Crippen molar-refractivity contribution in [3.8, 4) is 0 Å². The van der Waals surface area contributed by atoms with Crippen LogP contribution >= 0.6 is 0 Å². The standard InChI is InChI=1S/C14H24N4O4/c1-3-17(8-12(19)20)11-6-10(7-11)16-14(22)18-5-4-15-13(21)9(18)2/h9-11H,3-8H2,1-2H3,(H,15,21)(H,16,22)(H,19,20). The summed E-state index contributed by atoms with van der Waals surface area (Å²) in [7, 11) is 0. The number of rotatable bonds is 5. The molecule has 1 atom stereocenters. The molecule has 1 saturated heterocycles. The molecular formula is C14H24N4O4. The van der Waals surface area contributed by atoms with E-state index in [4.69, 9.17) is 5.11 Å². The van der Waals surface area contributed by atoms with Gasteiger partial charge in [-0.2, -0.15) is 0 Å². The summed E-state index contributed by atoms with van der Waals surface area (Å²) in [5.41, 5.74) is 0. The lowest BCUT2D eigenvalue weighted by Gasteiger charge is -2.43. The molecule has 0 spiro atoms. The molecule has 0 aromatic rings. The Hall–Kier alpha value is -1.83. The topological polar surface area (TPSA) is 102 Å². The van der Waals surface area contributed by atoms with Crippen LogP contribution in [-0.4, -0.2) is 77.1 Å². The molecule has 2 fully saturated rings. The molecule has 0 aromatic carbocycles. The molecule has 0 radical (unpaired) electrons.